The average Bonchev–Trinajstić information content (AvgIpc) is 3.03. The topological polar surface area (TPSA) is 81.8 Å². The van der Waals surface area contributed by atoms with E-state index in [1.54, 1.807) is 6.20 Å². The standard InChI is InChI=1S/C20H21N5O2/c1-13-12-21-25(17-9-5-7-14-6-3-4-8-15(14)17)19(13)22-20(27)16-10-11-18(26)24(2)23-16/h3-4,6,8,10-12,17H,5,7,9H2,1-2H3,(H,22,27). The molecule has 0 spiro atoms. The number of rotatable bonds is 3. The molecule has 1 aliphatic rings. The number of aryl methyl sites for hydroxylation is 3. The molecule has 0 bridgehead atoms. The van der Waals surface area contributed by atoms with Crippen molar-refractivity contribution in [3.05, 3.63) is 75.3 Å². The largest absolute Gasteiger partial charge is 0.305 e. The van der Waals surface area contributed by atoms with Gasteiger partial charge in [-0.3, -0.25) is 9.59 Å². The number of benzene rings is 1. The van der Waals surface area contributed by atoms with Crippen LogP contribution in [0.5, 0.6) is 0 Å². The Morgan fingerprint density at radius 3 is 2.85 bits per heavy atom. The normalized spacial score (nSPS) is 16.0. The van der Waals surface area contributed by atoms with E-state index in [9.17, 15) is 9.59 Å². The van der Waals surface area contributed by atoms with Gasteiger partial charge in [-0.05, 0) is 43.4 Å². The zero-order chi connectivity index (χ0) is 19.0. The summed E-state index contributed by atoms with van der Waals surface area (Å²) < 4.78 is 3.05. The van der Waals surface area contributed by atoms with Gasteiger partial charge in [-0.1, -0.05) is 24.3 Å². The second-order valence-corrected chi connectivity index (χ2v) is 6.86. The predicted molar refractivity (Wildman–Crippen MR) is 102 cm³/mol. The van der Waals surface area contributed by atoms with E-state index in [0.717, 1.165) is 29.5 Å². The quantitative estimate of drug-likeness (QED) is 0.775. The molecule has 138 valence electrons. The minimum absolute atomic E-state index is 0.0899. The molecule has 1 amide bonds. The van der Waals surface area contributed by atoms with Gasteiger partial charge >= 0.3 is 0 Å². The molecule has 0 saturated carbocycles. The van der Waals surface area contributed by atoms with Crippen molar-refractivity contribution < 1.29 is 4.79 Å². The first-order valence-electron chi connectivity index (χ1n) is 9.02. The van der Waals surface area contributed by atoms with Crippen molar-refractivity contribution in [3.63, 3.8) is 0 Å². The lowest BCUT2D eigenvalue weighted by Crippen LogP contribution is -2.26. The van der Waals surface area contributed by atoms with E-state index < -0.39 is 0 Å². The highest BCUT2D eigenvalue weighted by atomic mass is 16.2. The molecule has 2 heterocycles. The molecule has 1 aliphatic carbocycles. The van der Waals surface area contributed by atoms with E-state index in [1.807, 2.05) is 17.7 Å². The van der Waals surface area contributed by atoms with E-state index in [0.29, 0.717) is 5.82 Å². The van der Waals surface area contributed by atoms with Crippen LogP contribution in [0.15, 0.2) is 47.4 Å². The number of amides is 1. The van der Waals surface area contributed by atoms with Crippen molar-refractivity contribution in [1.82, 2.24) is 19.6 Å². The van der Waals surface area contributed by atoms with Crippen LogP contribution in [0.2, 0.25) is 0 Å². The molecular formula is C20H21N5O2. The molecule has 0 saturated heterocycles. The molecule has 0 fully saturated rings. The smallest absolute Gasteiger partial charge is 0.277 e. The van der Waals surface area contributed by atoms with Crippen molar-refractivity contribution >= 4 is 11.7 Å². The van der Waals surface area contributed by atoms with Crippen LogP contribution < -0.4 is 10.9 Å². The monoisotopic (exact) mass is 363 g/mol. The first-order valence-corrected chi connectivity index (χ1v) is 9.02. The molecule has 1 atom stereocenters. The second kappa shape index (κ2) is 6.83. The SMILES string of the molecule is Cc1cnn(C2CCCc3ccccc32)c1NC(=O)c1ccc(=O)n(C)n1. The summed E-state index contributed by atoms with van der Waals surface area (Å²) in [7, 11) is 1.52. The lowest BCUT2D eigenvalue weighted by molar-refractivity contribution is 0.101. The lowest BCUT2D eigenvalue weighted by atomic mass is 9.88. The Morgan fingerprint density at radius 2 is 2.04 bits per heavy atom. The molecule has 2 aromatic heterocycles. The number of nitrogens with one attached hydrogen (secondary N) is 1. The van der Waals surface area contributed by atoms with Crippen molar-refractivity contribution in [2.75, 3.05) is 5.32 Å². The number of carbonyl (C=O) groups is 1. The minimum Gasteiger partial charge on any atom is -0.305 e. The Balaban J connectivity index is 1.68. The zero-order valence-corrected chi connectivity index (χ0v) is 15.3. The average molecular weight is 363 g/mol. The van der Waals surface area contributed by atoms with Crippen molar-refractivity contribution in [2.45, 2.75) is 32.2 Å². The fourth-order valence-electron chi connectivity index (χ4n) is 3.62. The van der Waals surface area contributed by atoms with Crippen molar-refractivity contribution in [3.8, 4) is 0 Å². The van der Waals surface area contributed by atoms with Gasteiger partial charge in [-0.25, -0.2) is 9.36 Å². The molecule has 27 heavy (non-hydrogen) atoms. The van der Waals surface area contributed by atoms with Crippen LogP contribution in [-0.4, -0.2) is 25.5 Å². The highest BCUT2D eigenvalue weighted by Gasteiger charge is 2.25. The van der Waals surface area contributed by atoms with E-state index >= 15 is 0 Å². The van der Waals surface area contributed by atoms with Gasteiger partial charge in [0, 0.05) is 18.7 Å². The third kappa shape index (κ3) is 3.16. The summed E-state index contributed by atoms with van der Waals surface area (Å²) >= 11 is 0. The summed E-state index contributed by atoms with van der Waals surface area (Å²) in [5, 5.41) is 11.5. The van der Waals surface area contributed by atoms with E-state index in [4.69, 9.17) is 0 Å². The highest BCUT2D eigenvalue weighted by molar-refractivity contribution is 6.02. The van der Waals surface area contributed by atoms with Crippen LogP contribution in [0.4, 0.5) is 5.82 Å². The number of hydrogen-bond acceptors (Lipinski definition) is 4. The number of nitrogens with zero attached hydrogens (tertiary/aromatic N) is 4. The summed E-state index contributed by atoms with van der Waals surface area (Å²) in [4.78, 5) is 24.2. The molecule has 1 N–H and O–H groups in total. The van der Waals surface area contributed by atoms with Crippen LogP contribution in [-0.2, 0) is 13.5 Å². The summed E-state index contributed by atoms with van der Waals surface area (Å²) in [5.74, 6) is 0.303. The summed E-state index contributed by atoms with van der Waals surface area (Å²) in [6.07, 6.45) is 4.88. The molecule has 0 aliphatic heterocycles. The Morgan fingerprint density at radius 1 is 1.22 bits per heavy atom. The van der Waals surface area contributed by atoms with Gasteiger partial charge < -0.3 is 5.32 Å². The molecule has 4 rings (SSSR count). The van der Waals surface area contributed by atoms with Crippen molar-refractivity contribution in [2.24, 2.45) is 7.05 Å². The summed E-state index contributed by atoms with van der Waals surface area (Å²) in [6.45, 7) is 1.92. The molecule has 1 aromatic carbocycles. The molecular weight excluding hydrogens is 342 g/mol. The maximum Gasteiger partial charge on any atom is 0.277 e. The van der Waals surface area contributed by atoms with E-state index in [2.05, 4.69) is 33.7 Å². The maximum atomic E-state index is 12.7. The molecule has 3 aromatic rings. The number of hydrogen-bond donors (Lipinski definition) is 1. The molecule has 7 nitrogen and oxygen atoms in total. The summed E-state index contributed by atoms with van der Waals surface area (Å²) in [6, 6.07) is 11.3. The fourth-order valence-corrected chi connectivity index (χ4v) is 3.62. The highest BCUT2D eigenvalue weighted by Crippen LogP contribution is 2.35. The number of fused-ring (bicyclic) bond motifs is 1. The van der Waals surface area contributed by atoms with Crippen LogP contribution in [0.25, 0.3) is 0 Å². The van der Waals surface area contributed by atoms with Crippen molar-refractivity contribution in [1.29, 1.82) is 0 Å². The van der Waals surface area contributed by atoms with Crippen LogP contribution in [0, 0.1) is 6.92 Å². The van der Waals surface area contributed by atoms with Gasteiger partial charge in [0.1, 0.15) is 11.5 Å². The fraction of sp³-hybridized carbons (Fsp3) is 0.300. The van der Waals surface area contributed by atoms with Gasteiger partial charge in [0.2, 0.25) is 0 Å². The van der Waals surface area contributed by atoms with Gasteiger partial charge in [0.15, 0.2) is 0 Å². The second-order valence-electron chi connectivity index (χ2n) is 6.86. The number of carbonyl (C=O) groups excluding carboxylic acids is 1. The Kier molecular flexibility index (Phi) is 4.35. The third-order valence-electron chi connectivity index (χ3n) is 5.04. The molecule has 0 radical (unpaired) electrons. The number of aromatic nitrogens is 4. The summed E-state index contributed by atoms with van der Waals surface area (Å²) in [5.41, 5.74) is 3.40. The van der Waals surface area contributed by atoms with Crippen LogP contribution in [0.3, 0.4) is 0 Å². The molecule has 1 unspecified atom stereocenters. The number of anilines is 1. The first kappa shape index (κ1) is 17.2. The first-order chi connectivity index (χ1) is 13.0. The lowest BCUT2D eigenvalue weighted by Gasteiger charge is -2.27. The van der Waals surface area contributed by atoms with Gasteiger partial charge in [0.05, 0.1) is 12.2 Å². The van der Waals surface area contributed by atoms with Crippen LogP contribution >= 0.6 is 0 Å². The minimum atomic E-state index is -0.362. The Hall–Kier alpha value is -3.22. The Labute approximate surface area is 156 Å². The maximum absolute atomic E-state index is 12.7. The van der Waals surface area contributed by atoms with Gasteiger partial charge in [0.25, 0.3) is 11.5 Å². The van der Waals surface area contributed by atoms with Gasteiger partial charge in [-0.15, -0.1) is 0 Å². The zero-order valence-electron chi connectivity index (χ0n) is 15.3. The van der Waals surface area contributed by atoms with E-state index in [-0.39, 0.29) is 23.2 Å². The van der Waals surface area contributed by atoms with Gasteiger partial charge in [-0.2, -0.15) is 10.2 Å². The Bertz CT molecular complexity index is 1070. The predicted octanol–water partition coefficient (Wildman–Crippen LogP) is 2.46. The molecule has 7 heteroatoms. The van der Waals surface area contributed by atoms with E-state index in [1.165, 1.54) is 30.3 Å². The third-order valence-corrected chi connectivity index (χ3v) is 5.04. The van der Waals surface area contributed by atoms with Crippen LogP contribution in [0.1, 0.15) is 46.1 Å².